The van der Waals surface area contributed by atoms with Crippen LogP contribution in [0.5, 0.6) is 0 Å². The number of amides is 1. The highest BCUT2D eigenvalue weighted by molar-refractivity contribution is 6.03. The summed E-state index contributed by atoms with van der Waals surface area (Å²) in [5.41, 5.74) is 6.48. The molecule has 1 aromatic heterocycles. The van der Waals surface area contributed by atoms with Crippen molar-refractivity contribution in [2.24, 2.45) is 0 Å². The molecule has 0 aliphatic carbocycles. The first-order valence-corrected chi connectivity index (χ1v) is 8.58. The average Bonchev–Trinajstić information content (AvgIpc) is 2.65. The molecule has 0 aliphatic rings. The smallest absolute Gasteiger partial charge is 0.274 e. The first-order chi connectivity index (χ1) is 13.0. The zero-order valence-electron chi connectivity index (χ0n) is 15.5. The Kier molecular flexibility index (Phi) is 5.18. The van der Waals surface area contributed by atoms with E-state index in [4.69, 9.17) is 5.26 Å². The van der Waals surface area contributed by atoms with Gasteiger partial charge < -0.3 is 10.6 Å². The largest absolute Gasteiger partial charge is 0.354 e. The highest BCUT2D eigenvalue weighted by atomic mass is 16.1. The summed E-state index contributed by atoms with van der Waals surface area (Å²) in [6.45, 7) is 5.99. The molecule has 0 unspecified atom stereocenters. The second-order valence-corrected chi connectivity index (χ2v) is 6.48. The van der Waals surface area contributed by atoms with Gasteiger partial charge >= 0.3 is 0 Å². The minimum Gasteiger partial charge on any atom is -0.354 e. The Morgan fingerprint density at radius 2 is 1.74 bits per heavy atom. The third-order valence-electron chi connectivity index (χ3n) is 4.19. The number of pyridine rings is 1. The molecule has 2 aromatic carbocycles. The topological polar surface area (TPSA) is 77.8 Å². The van der Waals surface area contributed by atoms with Crippen molar-refractivity contribution in [1.82, 2.24) is 4.98 Å². The lowest BCUT2D eigenvalue weighted by Crippen LogP contribution is -2.15. The highest BCUT2D eigenvalue weighted by Crippen LogP contribution is 2.23. The average molecular weight is 356 g/mol. The van der Waals surface area contributed by atoms with Gasteiger partial charge in [-0.2, -0.15) is 5.26 Å². The monoisotopic (exact) mass is 356 g/mol. The molecular weight excluding hydrogens is 336 g/mol. The SMILES string of the molecule is Cc1cc(C)c(NC(=O)c2ccc(Nc3cccc(C#N)c3)cn2)c(C)c1. The summed E-state index contributed by atoms with van der Waals surface area (Å²) in [6, 6.07) is 16.8. The summed E-state index contributed by atoms with van der Waals surface area (Å²) in [4.78, 5) is 16.8. The van der Waals surface area contributed by atoms with Crippen LogP contribution in [0.25, 0.3) is 0 Å². The number of aromatic nitrogens is 1. The van der Waals surface area contributed by atoms with Crippen molar-refractivity contribution < 1.29 is 4.79 Å². The molecule has 0 saturated carbocycles. The molecule has 27 heavy (non-hydrogen) atoms. The summed E-state index contributed by atoms with van der Waals surface area (Å²) >= 11 is 0. The van der Waals surface area contributed by atoms with Crippen molar-refractivity contribution in [2.45, 2.75) is 20.8 Å². The van der Waals surface area contributed by atoms with E-state index in [9.17, 15) is 4.79 Å². The molecule has 1 heterocycles. The number of aryl methyl sites for hydroxylation is 3. The number of anilines is 3. The quantitative estimate of drug-likeness (QED) is 0.699. The van der Waals surface area contributed by atoms with Gasteiger partial charge in [-0.15, -0.1) is 0 Å². The van der Waals surface area contributed by atoms with Crippen molar-refractivity contribution in [2.75, 3.05) is 10.6 Å². The van der Waals surface area contributed by atoms with E-state index in [1.165, 1.54) is 0 Å². The molecule has 0 fully saturated rings. The number of carbonyl (C=O) groups is 1. The van der Waals surface area contributed by atoms with Crippen LogP contribution < -0.4 is 10.6 Å². The molecule has 2 N–H and O–H groups in total. The van der Waals surface area contributed by atoms with Crippen molar-refractivity contribution in [3.8, 4) is 6.07 Å². The number of hydrogen-bond donors (Lipinski definition) is 2. The van der Waals surface area contributed by atoms with E-state index in [0.29, 0.717) is 11.3 Å². The molecule has 0 radical (unpaired) electrons. The van der Waals surface area contributed by atoms with Crippen LogP contribution in [0.2, 0.25) is 0 Å². The van der Waals surface area contributed by atoms with Crippen LogP contribution in [0, 0.1) is 32.1 Å². The summed E-state index contributed by atoms with van der Waals surface area (Å²) in [5.74, 6) is -0.247. The number of nitrogens with one attached hydrogen (secondary N) is 2. The number of nitriles is 1. The van der Waals surface area contributed by atoms with Crippen LogP contribution in [-0.2, 0) is 0 Å². The van der Waals surface area contributed by atoms with Crippen LogP contribution in [0.15, 0.2) is 54.7 Å². The Morgan fingerprint density at radius 3 is 2.37 bits per heavy atom. The van der Waals surface area contributed by atoms with E-state index in [1.54, 1.807) is 30.5 Å². The molecule has 3 rings (SSSR count). The Balaban J connectivity index is 1.73. The highest BCUT2D eigenvalue weighted by Gasteiger charge is 2.11. The third kappa shape index (κ3) is 4.31. The van der Waals surface area contributed by atoms with Crippen LogP contribution in [-0.4, -0.2) is 10.9 Å². The predicted molar refractivity (Wildman–Crippen MR) is 107 cm³/mol. The fraction of sp³-hybridized carbons (Fsp3) is 0.136. The Morgan fingerprint density at radius 1 is 1.00 bits per heavy atom. The van der Waals surface area contributed by atoms with Gasteiger partial charge in [0.1, 0.15) is 5.69 Å². The summed E-state index contributed by atoms with van der Waals surface area (Å²) in [5, 5.41) is 15.1. The predicted octanol–water partition coefficient (Wildman–Crippen LogP) is 4.87. The molecule has 0 spiro atoms. The molecule has 3 aromatic rings. The molecule has 0 saturated heterocycles. The Labute approximate surface area is 158 Å². The molecular formula is C22H20N4O. The molecule has 5 heteroatoms. The van der Waals surface area contributed by atoms with Gasteiger partial charge in [0.25, 0.3) is 5.91 Å². The molecule has 0 aliphatic heterocycles. The van der Waals surface area contributed by atoms with E-state index in [1.807, 2.05) is 45.0 Å². The maximum absolute atomic E-state index is 12.5. The number of rotatable bonds is 4. The Hall–Kier alpha value is -3.65. The first kappa shape index (κ1) is 18.2. The molecule has 0 atom stereocenters. The third-order valence-corrected chi connectivity index (χ3v) is 4.19. The van der Waals surface area contributed by atoms with Crippen LogP contribution in [0.3, 0.4) is 0 Å². The lowest BCUT2D eigenvalue weighted by Gasteiger charge is -2.13. The first-order valence-electron chi connectivity index (χ1n) is 8.58. The van der Waals surface area contributed by atoms with Gasteiger partial charge in [-0.3, -0.25) is 4.79 Å². The van der Waals surface area contributed by atoms with E-state index >= 15 is 0 Å². The van der Waals surface area contributed by atoms with Gasteiger partial charge in [0, 0.05) is 11.4 Å². The molecule has 5 nitrogen and oxygen atoms in total. The number of carbonyl (C=O) groups excluding carboxylic acids is 1. The van der Waals surface area contributed by atoms with E-state index in [-0.39, 0.29) is 5.91 Å². The van der Waals surface area contributed by atoms with Gasteiger partial charge in [-0.25, -0.2) is 4.98 Å². The second kappa shape index (κ2) is 7.71. The van der Waals surface area contributed by atoms with Crippen molar-refractivity contribution in [3.63, 3.8) is 0 Å². The van der Waals surface area contributed by atoms with Gasteiger partial charge in [0.15, 0.2) is 0 Å². The lowest BCUT2D eigenvalue weighted by atomic mass is 10.0. The van der Waals surface area contributed by atoms with E-state index < -0.39 is 0 Å². The summed E-state index contributed by atoms with van der Waals surface area (Å²) in [7, 11) is 0. The lowest BCUT2D eigenvalue weighted by molar-refractivity contribution is 0.102. The van der Waals surface area contributed by atoms with Crippen molar-refractivity contribution >= 4 is 23.0 Å². The van der Waals surface area contributed by atoms with Crippen LogP contribution in [0.1, 0.15) is 32.7 Å². The zero-order chi connectivity index (χ0) is 19.4. The standard InChI is InChI=1S/C22H20N4O/c1-14-9-15(2)21(16(3)10-14)26-22(27)20-8-7-19(13-24-20)25-18-6-4-5-17(11-18)12-23/h4-11,13,25H,1-3H3,(H,26,27). The van der Waals surface area contributed by atoms with Crippen molar-refractivity contribution in [3.05, 3.63) is 82.7 Å². The van der Waals surface area contributed by atoms with Gasteiger partial charge in [0.2, 0.25) is 0 Å². The minimum atomic E-state index is -0.247. The fourth-order valence-electron chi connectivity index (χ4n) is 2.99. The minimum absolute atomic E-state index is 0.247. The normalized spacial score (nSPS) is 10.1. The zero-order valence-corrected chi connectivity index (χ0v) is 15.5. The van der Waals surface area contributed by atoms with E-state index in [0.717, 1.165) is 33.8 Å². The number of hydrogen-bond acceptors (Lipinski definition) is 4. The number of nitrogens with zero attached hydrogens (tertiary/aromatic N) is 2. The Bertz CT molecular complexity index is 1010. The second-order valence-electron chi connectivity index (χ2n) is 6.48. The molecule has 0 bridgehead atoms. The molecule has 1 amide bonds. The maximum atomic E-state index is 12.5. The van der Waals surface area contributed by atoms with Crippen LogP contribution >= 0.6 is 0 Å². The van der Waals surface area contributed by atoms with Gasteiger partial charge in [-0.05, 0) is 62.2 Å². The summed E-state index contributed by atoms with van der Waals surface area (Å²) in [6.07, 6.45) is 1.60. The van der Waals surface area contributed by atoms with Gasteiger partial charge in [0.05, 0.1) is 23.5 Å². The van der Waals surface area contributed by atoms with Crippen LogP contribution in [0.4, 0.5) is 17.1 Å². The van der Waals surface area contributed by atoms with Crippen molar-refractivity contribution in [1.29, 1.82) is 5.26 Å². The summed E-state index contributed by atoms with van der Waals surface area (Å²) < 4.78 is 0. The van der Waals surface area contributed by atoms with Gasteiger partial charge in [-0.1, -0.05) is 23.8 Å². The number of benzene rings is 2. The maximum Gasteiger partial charge on any atom is 0.274 e. The van der Waals surface area contributed by atoms with E-state index in [2.05, 4.69) is 21.7 Å². The fourth-order valence-corrected chi connectivity index (χ4v) is 2.99. The molecule has 134 valence electrons.